The van der Waals surface area contributed by atoms with Crippen molar-refractivity contribution in [1.82, 2.24) is 0 Å². The molecule has 2 aliphatic heterocycles. The Kier molecular flexibility index (Phi) is 6.27. The Morgan fingerprint density at radius 3 is 1.22 bits per heavy atom. The molecule has 0 aliphatic carbocycles. The predicted octanol–water partition coefficient (Wildman–Crippen LogP) is -5.40. The van der Waals surface area contributed by atoms with E-state index in [0.29, 0.717) is 0 Å². The molecular weight excluding hydrogens is 320 g/mol. The molecule has 0 aromatic heterocycles. The van der Waals surface area contributed by atoms with E-state index in [9.17, 15) is 30.6 Å². The molecule has 0 aromatic rings. The monoisotopic (exact) mass is 342 g/mol. The second-order valence-electron chi connectivity index (χ2n) is 5.53. The van der Waals surface area contributed by atoms with Gasteiger partial charge in [-0.3, -0.25) is 0 Å². The summed E-state index contributed by atoms with van der Waals surface area (Å²) in [6.07, 6.45) is -15.6. The first-order valence-corrected chi connectivity index (χ1v) is 7.08. The topological polar surface area (TPSA) is 190 Å². The van der Waals surface area contributed by atoms with Crippen molar-refractivity contribution in [2.75, 3.05) is 13.2 Å². The first kappa shape index (κ1) is 18.9. The van der Waals surface area contributed by atoms with Crippen LogP contribution in [0.15, 0.2) is 0 Å². The van der Waals surface area contributed by atoms with E-state index in [1.54, 1.807) is 0 Å². The first-order valence-electron chi connectivity index (χ1n) is 7.08. The minimum absolute atomic E-state index is 0.667. The summed E-state index contributed by atoms with van der Waals surface area (Å²) in [4.78, 5) is 0. The Labute approximate surface area is 130 Å². The van der Waals surface area contributed by atoms with Crippen LogP contribution in [0.1, 0.15) is 0 Å². The SMILES string of the molecule is OCC1O[C@@H](O[C@@H]2OC(CO)[C@H](O)[C@H](O)C2O)C(O)C(O)[C@H]1O. The van der Waals surface area contributed by atoms with Crippen molar-refractivity contribution in [2.24, 2.45) is 0 Å². The lowest BCUT2D eigenvalue weighted by Gasteiger charge is -2.44. The lowest BCUT2D eigenvalue weighted by molar-refractivity contribution is -0.376. The molecule has 0 radical (unpaired) electrons. The maximum absolute atomic E-state index is 9.84. The molecule has 2 aliphatic rings. The van der Waals surface area contributed by atoms with Gasteiger partial charge in [-0.15, -0.1) is 0 Å². The molecule has 2 fully saturated rings. The van der Waals surface area contributed by atoms with Gasteiger partial charge in [-0.2, -0.15) is 0 Å². The fourth-order valence-corrected chi connectivity index (χ4v) is 2.49. The van der Waals surface area contributed by atoms with Crippen LogP contribution in [0.4, 0.5) is 0 Å². The summed E-state index contributed by atoms with van der Waals surface area (Å²) in [5, 5.41) is 76.4. The highest BCUT2D eigenvalue weighted by Crippen LogP contribution is 2.27. The summed E-state index contributed by atoms with van der Waals surface area (Å²) in [5.41, 5.74) is 0. The molecule has 5 unspecified atom stereocenters. The van der Waals surface area contributed by atoms with Crippen molar-refractivity contribution >= 4 is 0 Å². The van der Waals surface area contributed by atoms with Gasteiger partial charge >= 0.3 is 0 Å². The van der Waals surface area contributed by atoms with Crippen molar-refractivity contribution in [2.45, 2.75) is 61.4 Å². The van der Waals surface area contributed by atoms with Crippen molar-refractivity contribution < 1.29 is 55.1 Å². The summed E-state index contributed by atoms with van der Waals surface area (Å²) in [6, 6.07) is 0. The van der Waals surface area contributed by atoms with Crippen LogP contribution >= 0.6 is 0 Å². The van der Waals surface area contributed by atoms with E-state index in [0.717, 1.165) is 0 Å². The van der Waals surface area contributed by atoms with Gasteiger partial charge in [-0.1, -0.05) is 0 Å². The van der Waals surface area contributed by atoms with Crippen LogP contribution in [0.3, 0.4) is 0 Å². The quantitative estimate of drug-likeness (QED) is 0.243. The molecule has 0 spiro atoms. The third-order valence-corrected chi connectivity index (χ3v) is 3.97. The number of aliphatic hydroxyl groups excluding tert-OH is 8. The summed E-state index contributed by atoms with van der Waals surface area (Å²) in [5.74, 6) is 0. The summed E-state index contributed by atoms with van der Waals surface area (Å²) in [7, 11) is 0. The molecule has 10 atom stereocenters. The van der Waals surface area contributed by atoms with Crippen LogP contribution in [-0.4, -0.2) is 115 Å². The molecule has 23 heavy (non-hydrogen) atoms. The molecule has 2 heterocycles. The van der Waals surface area contributed by atoms with Crippen molar-refractivity contribution in [3.05, 3.63) is 0 Å². The molecule has 0 bridgehead atoms. The zero-order valence-electron chi connectivity index (χ0n) is 12.0. The Morgan fingerprint density at radius 1 is 0.565 bits per heavy atom. The van der Waals surface area contributed by atoms with E-state index in [-0.39, 0.29) is 0 Å². The van der Waals surface area contributed by atoms with Crippen LogP contribution in [0, 0.1) is 0 Å². The molecule has 136 valence electrons. The predicted molar refractivity (Wildman–Crippen MR) is 68.6 cm³/mol. The summed E-state index contributed by atoms with van der Waals surface area (Å²) >= 11 is 0. The molecule has 11 nitrogen and oxygen atoms in total. The third-order valence-electron chi connectivity index (χ3n) is 3.97. The highest BCUT2D eigenvalue weighted by Gasteiger charge is 2.49. The van der Waals surface area contributed by atoms with Crippen molar-refractivity contribution in [3.8, 4) is 0 Å². The van der Waals surface area contributed by atoms with Crippen LogP contribution < -0.4 is 0 Å². The standard InChI is InChI=1S/C12H22O11/c13-1-3-5(15)7(17)9(19)11(21-3)23-12-10(20)8(18)6(16)4(2-14)22-12/h3-20H,1-2H2/t3?,4?,5-,6-,7-,8?,9?,10?,11-,12-/m0/s1. The molecule has 0 saturated carbocycles. The second kappa shape index (κ2) is 7.63. The van der Waals surface area contributed by atoms with Crippen LogP contribution in [0.5, 0.6) is 0 Å². The number of rotatable bonds is 4. The molecule has 2 rings (SSSR count). The summed E-state index contributed by atoms with van der Waals surface area (Å²) < 4.78 is 15.3. The zero-order valence-corrected chi connectivity index (χ0v) is 12.0. The van der Waals surface area contributed by atoms with Crippen LogP contribution in [-0.2, 0) is 14.2 Å². The second-order valence-corrected chi connectivity index (χ2v) is 5.53. The number of ether oxygens (including phenoxy) is 3. The Balaban J connectivity index is 2.07. The molecular formula is C12H22O11. The minimum atomic E-state index is -1.72. The number of hydrogen-bond donors (Lipinski definition) is 8. The largest absolute Gasteiger partial charge is 0.394 e. The zero-order chi connectivity index (χ0) is 17.3. The number of hydrogen-bond acceptors (Lipinski definition) is 11. The first-order chi connectivity index (χ1) is 10.8. The van der Waals surface area contributed by atoms with E-state index in [1.807, 2.05) is 0 Å². The highest BCUT2D eigenvalue weighted by atomic mass is 16.8. The van der Waals surface area contributed by atoms with Gasteiger partial charge < -0.3 is 55.1 Å². The maximum atomic E-state index is 9.84. The van der Waals surface area contributed by atoms with Crippen LogP contribution in [0.2, 0.25) is 0 Å². The summed E-state index contributed by atoms with van der Waals surface area (Å²) in [6.45, 7) is -1.33. The van der Waals surface area contributed by atoms with Gasteiger partial charge in [0.2, 0.25) is 0 Å². The van der Waals surface area contributed by atoms with Crippen molar-refractivity contribution in [1.29, 1.82) is 0 Å². The molecule has 0 aromatic carbocycles. The fourth-order valence-electron chi connectivity index (χ4n) is 2.49. The smallest absolute Gasteiger partial charge is 0.189 e. The molecule has 8 N–H and O–H groups in total. The van der Waals surface area contributed by atoms with E-state index in [4.69, 9.17) is 24.4 Å². The third kappa shape index (κ3) is 3.65. The van der Waals surface area contributed by atoms with E-state index < -0.39 is 74.6 Å². The average molecular weight is 342 g/mol. The van der Waals surface area contributed by atoms with E-state index in [2.05, 4.69) is 0 Å². The Hall–Kier alpha value is -0.440. The Morgan fingerprint density at radius 2 is 0.913 bits per heavy atom. The minimum Gasteiger partial charge on any atom is -0.394 e. The lowest BCUT2D eigenvalue weighted by atomic mass is 9.98. The normalized spacial score (nSPS) is 51.7. The van der Waals surface area contributed by atoms with Gasteiger partial charge in [-0.25, -0.2) is 0 Å². The van der Waals surface area contributed by atoms with Crippen molar-refractivity contribution in [3.63, 3.8) is 0 Å². The Bertz CT molecular complexity index is 344. The van der Waals surface area contributed by atoms with E-state index in [1.165, 1.54) is 0 Å². The number of aliphatic hydroxyl groups is 8. The lowest BCUT2D eigenvalue weighted by Crippen LogP contribution is -2.63. The molecule has 11 heteroatoms. The van der Waals surface area contributed by atoms with Gasteiger partial charge in [0.05, 0.1) is 13.2 Å². The fraction of sp³-hybridized carbons (Fsp3) is 1.00. The van der Waals surface area contributed by atoms with Crippen LogP contribution in [0.25, 0.3) is 0 Å². The molecule has 2 saturated heterocycles. The highest BCUT2D eigenvalue weighted by molar-refractivity contribution is 4.92. The molecule has 0 amide bonds. The van der Waals surface area contributed by atoms with Gasteiger partial charge in [-0.05, 0) is 0 Å². The van der Waals surface area contributed by atoms with Gasteiger partial charge in [0.15, 0.2) is 12.6 Å². The average Bonchev–Trinajstić information content (AvgIpc) is 2.55. The van der Waals surface area contributed by atoms with E-state index >= 15 is 0 Å². The van der Waals surface area contributed by atoms with Gasteiger partial charge in [0.1, 0.15) is 48.8 Å². The van der Waals surface area contributed by atoms with Gasteiger partial charge in [0.25, 0.3) is 0 Å². The van der Waals surface area contributed by atoms with Gasteiger partial charge in [0, 0.05) is 0 Å². The maximum Gasteiger partial charge on any atom is 0.189 e.